The molecule has 2 aromatic rings. The Kier molecular flexibility index (Phi) is 4.00. The van der Waals surface area contributed by atoms with Crippen LogP contribution in [0.1, 0.15) is 16.7 Å². The van der Waals surface area contributed by atoms with Crippen molar-refractivity contribution in [2.45, 2.75) is 13.1 Å². The summed E-state index contributed by atoms with van der Waals surface area (Å²) in [6.45, 7) is 1.64. The third-order valence-electron chi connectivity index (χ3n) is 2.73. The Morgan fingerprint density at radius 3 is 2.62 bits per heavy atom. The summed E-state index contributed by atoms with van der Waals surface area (Å²) >= 11 is 5.82. The summed E-state index contributed by atoms with van der Waals surface area (Å²) in [5.41, 5.74) is -0.783. The fourth-order valence-corrected chi connectivity index (χ4v) is 1.78. The molecule has 0 saturated carbocycles. The van der Waals surface area contributed by atoms with Gasteiger partial charge in [-0.25, -0.2) is 9.97 Å². The minimum Gasteiger partial charge on any atom is -0.340 e. The molecular formula is C13H8ClF3N4. The Morgan fingerprint density at radius 1 is 1.29 bits per heavy atom. The molecule has 108 valence electrons. The molecule has 0 radical (unpaired) electrons. The quantitative estimate of drug-likeness (QED) is 0.849. The van der Waals surface area contributed by atoms with Crippen LogP contribution in [0, 0.1) is 18.3 Å². The number of nitriles is 1. The fraction of sp³-hybridized carbons (Fsp3) is 0.154. The summed E-state index contributed by atoms with van der Waals surface area (Å²) in [5, 5.41) is 11.7. The Labute approximate surface area is 123 Å². The predicted molar refractivity (Wildman–Crippen MR) is 71.2 cm³/mol. The van der Waals surface area contributed by atoms with E-state index in [1.807, 2.05) is 0 Å². The average molecular weight is 313 g/mol. The molecule has 1 N–H and O–H groups in total. The van der Waals surface area contributed by atoms with E-state index in [1.165, 1.54) is 18.5 Å². The van der Waals surface area contributed by atoms with Gasteiger partial charge < -0.3 is 5.32 Å². The molecule has 0 fully saturated rings. The van der Waals surface area contributed by atoms with Crippen molar-refractivity contribution in [1.82, 2.24) is 9.97 Å². The van der Waals surface area contributed by atoms with Gasteiger partial charge in [0.25, 0.3) is 0 Å². The minimum atomic E-state index is -4.61. The number of nitrogens with zero attached hydrogens (tertiary/aromatic N) is 3. The van der Waals surface area contributed by atoms with Crippen molar-refractivity contribution in [1.29, 1.82) is 5.26 Å². The predicted octanol–water partition coefficient (Wildman–Crippen LogP) is 4.07. The second-order valence-corrected chi connectivity index (χ2v) is 4.49. The van der Waals surface area contributed by atoms with Gasteiger partial charge in [0.05, 0.1) is 17.2 Å². The Balaban J connectivity index is 2.43. The molecule has 0 amide bonds. The van der Waals surface area contributed by atoms with Gasteiger partial charge >= 0.3 is 6.18 Å². The number of anilines is 2. The van der Waals surface area contributed by atoms with Gasteiger partial charge in [-0.1, -0.05) is 11.6 Å². The van der Waals surface area contributed by atoms with Crippen molar-refractivity contribution in [3.63, 3.8) is 0 Å². The number of nitrogens with one attached hydrogen (secondary N) is 1. The lowest BCUT2D eigenvalue weighted by molar-refractivity contribution is -0.137. The maximum Gasteiger partial charge on any atom is 0.417 e. The zero-order valence-electron chi connectivity index (χ0n) is 10.7. The third-order valence-corrected chi connectivity index (χ3v) is 3.11. The largest absolute Gasteiger partial charge is 0.417 e. The van der Waals surface area contributed by atoms with Crippen LogP contribution in [0.15, 0.2) is 24.5 Å². The van der Waals surface area contributed by atoms with E-state index < -0.39 is 17.3 Å². The lowest BCUT2D eigenvalue weighted by atomic mass is 10.1. The molecule has 0 aliphatic carbocycles. The van der Waals surface area contributed by atoms with Crippen LogP contribution in [0.2, 0.25) is 5.15 Å². The number of benzene rings is 1. The molecule has 0 bridgehead atoms. The number of hydrogen-bond donors (Lipinski definition) is 1. The van der Waals surface area contributed by atoms with E-state index in [4.69, 9.17) is 16.9 Å². The van der Waals surface area contributed by atoms with E-state index >= 15 is 0 Å². The highest BCUT2D eigenvalue weighted by Crippen LogP contribution is 2.34. The molecule has 0 spiro atoms. The second kappa shape index (κ2) is 5.58. The van der Waals surface area contributed by atoms with Gasteiger partial charge in [-0.3, -0.25) is 0 Å². The summed E-state index contributed by atoms with van der Waals surface area (Å²) < 4.78 is 38.6. The molecule has 0 aliphatic heterocycles. The van der Waals surface area contributed by atoms with Crippen LogP contribution >= 0.6 is 11.6 Å². The Morgan fingerprint density at radius 2 is 2.00 bits per heavy atom. The van der Waals surface area contributed by atoms with E-state index in [0.29, 0.717) is 11.4 Å². The molecule has 1 aromatic carbocycles. The highest BCUT2D eigenvalue weighted by molar-refractivity contribution is 6.30. The van der Waals surface area contributed by atoms with Gasteiger partial charge in [-0.2, -0.15) is 18.4 Å². The number of hydrogen-bond acceptors (Lipinski definition) is 4. The van der Waals surface area contributed by atoms with Crippen LogP contribution in [-0.4, -0.2) is 9.97 Å². The molecule has 0 aliphatic rings. The lowest BCUT2D eigenvalue weighted by Crippen LogP contribution is -2.09. The van der Waals surface area contributed by atoms with Crippen LogP contribution in [0.25, 0.3) is 0 Å². The molecule has 1 aromatic heterocycles. The van der Waals surface area contributed by atoms with E-state index in [-0.39, 0.29) is 10.8 Å². The lowest BCUT2D eigenvalue weighted by Gasteiger charge is -2.13. The zero-order valence-corrected chi connectivity index (χ0v) is 11.4. The second-order valence-electron chi connectivity index (χ2n) is 4.13. The summed E-state index contributed by atoms with van der Waals surface area (Å²) in [5.74, 6) is 0.299. The first kappa shape index (κ1) is 15.1. The zero-order chi connectivity index (χ0) is 15.6. The van der Waals surface area contributed by atoms with E-state index in [1.54, 1.807) is 6.92 Å². The molecule has 0 atom stereocenters. The highest BCUT2D eigenvalue weighted by Gasteiger charge is 2.33. The van der Waals surface area contributed by atoms with Crippen molar-refractivity contribution in [3.05, 3.63) is 46.4 Å². The molecule has 0 unspecified atom stereocenters. The summed E-state index contributed by atoms with van der Waals surface area (Å²) in [6, 6.07) is 4.84. The van der Waals surface area contributed by atoms with Gasteiger partial charge in [0, 0.05) is 11.3 Å². The van der Waals surface area contributed by atoms with E-state index in [2.05, 4.69) is 15.3 Å². The minimum absolute atomic E-state index is 0.152. The van der Waals surface area contributed by atoms with Crippen molar-refractivity contribution >= 4 is 23.1 Å². The number of aromatic nitrogens is 2. The highest BCUT2D eigenvalue weighted by atomic mass is 35.5. The molecule has 8 heteroatoms. The summed E-state index contributed by atoms with van der Waals surface area (Å²) in [6.07, 6.45) is -3.41. The Bertz CT molecular complexity index is 722. The monoisotopic (exact) mass is 312 g/mol. The molecule has 4 nitrogen and oxygen atoms in total. The van der Waals surface area contributed by atoms with Crippen molar-refractivity contribution in [3.8, 4) is 6.07 Å². The van der Waals surface area contributed by atoms with E-state index in [0.717, 1.165) is 12.1 Å². The van der Waals surface area contributed by atoms with Gasteiger partial charge in [0.2, 0.25) is 0 Å². The van der Waals surface area contributed by atoms with Crippen LogP contribution in [0.4, 0.5) is 24.7 Å². The van der Waals surface area contributed by atoms with Crippen molar-refractivity contribution < 1.29 is 13.2 Å². The normalized spacial score (nSPS) is 11.0. The van der Waals surface area contributed by atoms with Gasteiger partial charge in [-0.15, -0.1) is 0 Å². The fourth-order valence-electron chi connectivity index (χ4n) is 1.65. The van der Waals surface area contributed by atoms with Crippen LogP contribution in [0.5, 0.6) is 0 Å². The smallest absolute Gasteiger partial charge is 0.340 e. The maximum absolute atomic E-state index is 12.9. The van der Waals surface area contributed by atoms with Crippen molar-refractivity contribution in [2.75, 3.05) is 5.32 Å². The van der Waals surface area contributed by atoms with Gasteiger partial charge in [0.15, 0.2) is 0 Å². The molecule has 21 heavy (non-hydrogen) atoms. The molecule has 1 heterocycles. The first-order valence-electron chi connectivity index (χ1n) is 5.68. The third kappa shape index (κ3) is 3.23. The SMILES string of the molecule is Cc1c(Cl)ncnc1Nc1ccc(C#N)c(C(F)(F)F)c1. The standard InChI is InChI=1S/C13H8ClF3N4/c1-7-11(14)19-6-20-12(7)21-9-3-2-8(5-18)10(4-9)13(15,16)17/h2-4,6H,1H3,(H,19,20,21). The molecule has 0 saturated heterocycles. The van der Waals surface area contributed by atoms with E-state index in [9.17, 15) is 13.2 Å². The maximum atomic E-state index is 12.9. The van der Waals surface area contributed by atoms with Crippen LogP contribution in [0.3, 0.4) is 0 Å². The van der Waals surface area contributed by atoms with Gasteiger partial charge in [-0.05, 0) is 25.1 Å². The van der Waals surface area contributed by atoms with Gasteiger partial charge in [0.1, 0.15) is 17.3 Å². The number of rotatable bonds is 2. The Hall–Kier alpha value is -2.33. The first-order chi connectivity index (χ1) is 9.82. The van der Waals surface area contributed by atoms with Crippen LogP contribution < -0.4 is 5.32 Å². The summed E-state index contributed by atoms with van der Waals surface area (Å²) in [4.78, 5) is 7.67. The van der Waals surface area contributed by atoms with Crippen LogP contribution in [-0.2, 0) is 6.18 Å². The first-order valence-corrected chi connectivity index (χ1v) is 6.06. The number of halogens is 4. The summed E-state index contributed by atoms with van der Waals surface area (Å²) in [7, 11) is 0. The van der Waals surface area contributed by atoms with Crippen molar-refractivity contribution in [2.24, 2.45) is 0 Å². The molecule has 2 rings (SSSR count). The number of alkyl halides is 3. The average Bonchev–Trinajstić information content (AvgIpc) is 2.43. The topological polar surface area (TPSA) is 61.6 Å². The molecular weight excluding hydrogens is 305 g/mol.